The van der Waals surface area contributed by atoms with Gasteiger partial charge in [0.1, 0.15) is 11.5 Å². The van der Waals surface area contributed by atoms with Crippen LogP contribution in [0.25, 0.3) is 0 Å². The minimum absolute atomic E-state index is 0.00719. The minimum Gasteiger partial charge on any atom is -0.508 e. The molecule has 0 aliphatic carbocycles. The topological polar surface area (TPSA) is 116 Å². The number of phenols is 3. The van der Waals surface area contributed by atoms with E-state index in [0.717, 1.165) is 11.1 Å². The van der Waals surface area contributed by atoms with Gasteiger partial charge in [0.15, 0.2) is 23.0 Å². The highest BCUT2D eigenvalue weighted by molar-refractivity contribution is 5.86. The number of hydrogen-bond acceptors (Lipinski definition) is 7. The zero-order valence-electron chi connectivity index (χ0n) is 19.3. The van der Waals surface area contributed by atoms with Crippen LogP contribution >= 0.6 is 0 Å². The van der Waals surface area contributed by atoms with Crippen molar-refractivity contribution in [2.75, 3.05) is 14.2 Å². The van der Waals surface area contributed by atoms with Crippen molar-refractivity contribution in [1.82, 2.24) is 0 Å². The normalized spacial score (nSPS) is 12.7. The van der Waals surface area contributed by atoms with Gasteiger partial charge in [-0.2, -0.15) is 0 Å². The third-order valence-corrected chi connectivity index (χ3v) is 5.79. The summed E-state index contributed by atoms with van der Waals surface area (Å²) in [6.07, 6.45) is 0.281. The van der Waals surface area contributed by atoms with Crippen LogP contribution in [0.2, 0.25) is 0 Å². The van der Waals surface area contributed by atoms with Crippen molar-refractivity contribution >= 4 is 5.78 Å². The van der Waals surface area contributed by atoms with E-state index >= 15 is 0 Å². The lowest BCUT2D eigenvalue weighted by Gasteiger charge is -2.19. The summed E-state index contributed by atoms with van der Waals surface area (Å²) < 4.78 is 10.3. The van der Waals surface area contributed by atoms with Gasteiger partial charge in [-0.15, -0.1) is 0 Å². The molecule has 7 nitrogen and oxygen atoms in total. The van der Waals surface area contributed by atoms with Gasteiger partial charge in [0.25, 0.3) is 0 Å². The molecule has 0 aromatic heterocycles. The van der Waals surface area contributed by atoms with Crippen molar-refractivity contribution in [2.24, 2.45) is 0 Å². The van der Waals surface area contributed by atoms with Crippen LogP contribution < -0.4 is 9.47 Å². The molecule has 7 heteroatoms. The van der Waals surface area contributed by atoms with E-state index in [1.165, 1.54) is 32.4 Å². The van der Waals surface area contributed by atoms with Crippen LogP contribution in [0, 0.1) is 0 Å². The molecule has 4 N–H and O–H groups in total. The van der Waals surface area contributed by atoms with E-state index in [-0.39, 0.29) is 29.5 Å². The Bertz CT molecular complexity index is 1130. The zero-order chi connectivity index (χ0) is 24.7. The molecule has 0 heterocycles. The summed E-state index contributed by atoms with van der Waals surface area (Å²) in [5.41, 5.74) is 2.30. The molecule has 2 atom stereocenters. The first-order valence-corrected chi connectivity index (χ1v) is 11.0. The van der Waals surface area contributed by atoms with Crippen LogP contribution in [-0.2, 0) is 17.6 Å². The maximum absolute atomic E-state index is 13.3. The Morgan fingerprint density at radius 2 is 1.47 bits per heavy atom. The first kappa shape index (κ1) is 24.9. The van der Waals surface area contributed by atoms with Crippen LogP contribution in [0.1, 0.15) is 35.4 Å². The van der Waals surface area contributed by atoms with E-state index in [0.29, 0.717) is 36.3 Å². The van der Waals surface area contributed by atoms with Gasteiger partial charge in [-0.25, -0.2) is 0 Å². The second kappa shape index (κ2) is 11.4. The molecule has 0 aliphatic rings. The average Bonchev–Trinajstić information content (AvgIpc) is 2.82. The van der Waals surface area contributed by atoms with Gasteiger partial charge in [0.05, 0.1) is 20.3 Å². The molecule has 3 aromatic rings. The van der Waals surface area contributed by atoms with Gasteiger partial charge in [0.2, 0.25) is 0 Å². The second-order valence-corrected chi connectivity index (χ2v) is 8.23. The highest BCUT2D eigenvalue weighted by Crippen LogP contribution is 2.32. The monoisotopic (exact) mass is 466 g/mol. The SMILES string of the molecule is COc1cc(CC[C@H](O)CC(=O)[C@H](Cc2ccc(O)c(OC)c2)c2cccc(O)c2)ccc1O. The number of aliphatic hydroxyl groups is 1. The lowest BCUT2D eigenvalue weighted by atomic mass is 9.85. The Morgan fingerprint density at radius 3 is 2.09 bits per heavy atom. The Hall–Kier alpha value is -3.71. The van der Waals surface area contributed by atoms with Crippen LogP contribution in [0.4, 0.5) is 0 Å². The maximum Gasteiger partial charge on any atom is 0.160 e. The van der Waals surface area contributed by atoms with Crippen molar-refractivity contribution in [1.29, 1.82) is 0 Å². The predicted octanol–water partition coefficient (Wildman–Crippen LogP) is 4.10. The third-order valence-electron chi connectivity index (χ3n) is 5.79. The molecule has 0 fully saturated rings. The summed E-state index contributed by atoms with van der Waals surface area (Å²) in [6, 6.07) is 16.4. The van der Waals surface area contributed by atoms with Crippen molar-refractivity contribution < 1.29 is 34.7 Å². The largest absolute Gasteiger partial charge is 0.508 e. The molecule has 0 unspecified atom stereocenters. The highest BCUT2D eigenvalue weighted by Gasteiger charge is 2.24. The Morgan fingerprint density at radius 1 is 0.853 bits per heavy atom. The Labute approximate surface area is 198 Å². The summed E-state index contributed by atoms with van der Waals surface area (Å²) in [5, 5.41) is 40.1. The third kappa shape index (κ3) is 6.42. The Kier molecular flexibility index (Phi) is 8.38. The van der Waals surface area contributed by atoms with Crippen molar-refractivity contribution in [3.8, 4) is 28.7 Å². The van der Waals surface area contributed by atoms with Gasteiger partial charge < -0.3 is 29.9 Å². The summed E-state index contributed by atoms with van der Waals surface area (Å²) in [5.74, 6) is 0.0217. The maximum atomic E-state index is 13.3. The lowest BCUT2D eigenvalue weighted by molar-refractivity contribution is -0.122. The van der Waals surface area contributed by atoms with Crippen molar-refractivity contribution in [3.05, 3.63) is 77.4 Å². The number of phenolic OH excluding ortho intramolecular Hbond substituents is 3. The summed E-state index contributed by atoms with van der Waals surface area (Å²) in [4.78, 5) is 13.3. The predicted molar refractivity (Wildman–Crippen MR) is 128 cm³/mol. The van der Waals surface area contributed by atoms with Crippen LogP contribution in [0.15, 0.2) is 60.7 Å². The van der Waals surface area contributed by atoms with Gasteiger partial charge in [-0.3, -0.25) is 4.79 Å². The fourth-order valence-electron chi connectivity index (χ4n) is 3.93. The van der Waals surface area contributed by atoms with Crippen LogP contribution in [0.3, 0.4) is 0 Å². The smallest absolute Gasteiger partial charge is 0.160 e. The van der Waals surface area contributed by atoms with E-state index in [9.17, 15) is 25.2 Å². The number of carbonyl (C=O) groups excluding carboxylic acids is 1. The van der Waals surface area contributed by atoms with Gasteiger partial charge in [0, 0.05) is 12.3 Å². The average molecular weight is 467 g/mol. The van der Waals surface area contributed by atoms with E-state index in [4.69, 9.17) is 9.47 Å². The number of hydrogen-bond donors (Lipinski definition) is 4. The molecule has 3 rings (SSSR count). The Balaban J connectivity index is 1.73. The number of methoxy groups -OCH3 is 2. The molecule has 0 aliphatic heterocycles. The number of Topliss-reactive ketones (excluding diaryl/α,β-unsaturated/α-hetero) is 1. The first-order valence-electron chi connectivity index (χ1n) is 11.0. The van der Waals surface area contributed by atoms with Crippen molar-refractivity contribution in [3.63, 3.8) is 0 Å². The number of ketones is 1. The quantitative estimate of drug-likeness (QED) is 0.336. The van der Waals surface area contributed by atoms with Crippen molar-refractivity contribution in [2.45, 2.75) is 37.7 Å². The number of aliphatic hydroxyl groups excluding tert-OH is 1. The number of benzene rings is 3. The zero-order valence-corrected chi connectivity index (χ0v) is 19.3. The lowest BCUT2D eigenvalue weighted by Crippen LogP contribution is -2.22. The summed E-state index contributed by atoms with van der Waals surface area (Å²) >= 11 is 0. The molecule has 0 saturated heterocycles. The van der Waals surface area contributed by atoms with E-state index < -0.39 is 12.0 Å². The van der Waals surface area contributed by atoms with E-state index in [2.05, 4.69) is 0 Å². The molecule has 3 aromatic carbocycles. The molecule has 0 bridgehead atoms. The fourth-order valence-corrected chi connectivity index (χ4v) is 3.93. The standard InChI is InChI=1S/C27H30O7/c1-33-26-13-17(7-10-23(26)30)6-9-21(29)16-25(32)22(19-4-3-5-20(28)15-19)12-18-8-11-24(31)27(14-18)34-2/h3-5,7-8,10-11,13-15,21-22,28-31H,6,9,12,16H2,1-2H3/t21-,22+/m0/s1. The highest BCUT2D eigenvalue weighted by atomic mass is 16.5. The molecule has 180 valence electrons. The summed E-state index contributed by atoms with van der Waals surface area (Å²) in [6.45, 7) is 0. The summed E-state index contributed by atoms with van der Waals surface area (Å²) in [7, 11) is 2.92. The molecule has 0 spiro atoms. The van der Waals surface area contributed by atoms with Gasteiger partial charge in [-0.1, -0.05) is 24.3 Å². The number of aromatic hydroxyl groups is 3. The fraction of sp³-hybridized carbons (Fsp3) is 0.296. The van der Waals surface area contributed by atoms with Crippen LogP contribution in [-0.4, -0.2) is 46.5 Å². The van der Waals surface area contributed by atoms with Gasteiger partial charge >= 0.3 is 0 Å². The second-order valence-electron chi connectivity index (χ2n) is 8.23. The molecule has 0 radical (unpaired) electrons. The number of aryl methyl sites for hydroxylation is 1. The molecule has 34 heavy (non-hydrogen) atoms. The molecular formula is C27H30O7. The first-order chi connectivity index (χ1) is 16.3. The number of carbonyl (C=O) groups is 1. The number of rotatable bonds is 11. The van der Waals surface area contributed by atoms with E-state index in [1.807, 2.05) is 0 Å². The molecule has 0 amide bonds. The van der Waals surface area contributed by atoms with E-state index in [1.54, 1.807) is 42.5 Å². The van der Waals surface area contributed by atoms with Crippen LogP contribution in [0.5, 0.6) is 28.7 Å². The molecule has 0 saturated carbocycles. The van der Waals surface area contributed by atoms with Gasteiger partial charge in [-0.05, 0) is 72.4 Å². The minimum atomic E-state index is -0.860. The number of ether oxygens (including phenoxy) is 2. The molecular weight excluding hydrogens is 436 g/mol.